The van der Waals surface area contributed by atoms with Gasteiger partial charge in [-0.2, -0.15) is 0 Å². The molecule has 22 heavy (non-hydrogen) atoms. The van der Waals surface area contributed by atoms with Crippen LogP contribution in [0.5, 0.6) is 11.5 Å². The van der Waals surface area contributed by atoms with E-state index >= 15 is 0 Å². The molecule has 0 bridgehead atoms. The zero-order valence-electron chi connectivity index (χ0n) is 12.7. The molecule has 1 atom stereocenters. The number of likely N-dealkylation sites (N-methyl/N-ethyl adjacent to an activating group) is 1. The van der Waals surface area contributed by atoms with Crippen LogP contribution in [0, 0.1) is 5.82 Å². The number of rotatable bonds is 5. The molecule has 0 spiro atoms. The molecule has 0 amide bonds. The highest BCUT2D eigenvalue weighted by Gasteiger charge is 2.25. The highest BCUT2D eigenvalue weighted by molar-refractivity contribution is 5.42. The van der Waals surface area contributed by atoms with Crippen molar-refractivity contribution < 1.29 is 13.9 Å². The maximum Gasteiger partial charge on any atom is 0.197 e. The van der Waals surface area contributed by atoms with Crippen LogP contribution in [0.15, 0.2) is 48.5 Å². The van der Waals surface area contributed by atoms with Crippen LogP contribution in [-0.2, 0) is 6.54 Å². The maximum atomic E-state index is 13.8. The van der Waals surface area contributed by atoms with E-state index in [0.717, 1.165) is 13.1 Å². The van der Waals surface area contributed by atoms with E-state index in [1.807, 2.05) is 18.2 Å². The van der Waals surface area contributed by atoms with Crippen LogP contribution in [0.4, 0.5) is 4.39 Å². The minimum atomic E-state index is -0.367. The minimum Gasteiger partial charge on any atom is -0.486 e. The summed E-state index contributed by atoms with van der Waals surface area (Å²) in [4.78, 5) is 2.27. The molecule has 2 aromatic rings. The fraction of sp³-hybridized carbons (Fsp3) is 0.333. The van der Waals surface area contributed by atoms with E-state index in [4.69, 9.17) is 9.47 Å². The summed E-state index contributed by atoms with van der Waals surface area (Å²) in [6.45, 7) is 5.02. The number of halogens is 1. The second-order valence-electron chi connectivity index (χ2n) is 5.43. The molecule has 2 aromatic carbocycles. The third-order valence-corrected chi connectivity index (χ3v) is 3.80. The van der Waals surface area contributed by atoms with Gasteiger partial charge in [0.05, 0.1) is 0 Å². The summed E-state index contributed by atoms with van der Waals surface area (Å²) in [7, 11) is 0. The van der Waals surface area contributed by atoms with Crippen LogP contribution in [0.1, 0.15) is 12.5 Å². The third kappa shape index (κ3) is 3.39. The van der Waals surface area contributed by atoms with Crippen LogP contribution >= 0.6 is 0 Å². The van der Waals surface area contributed by atoms with Gasteiger partial charge in [-0.05, 0) is 24.2 Å². The smallest absolute Gasteiger partial charge is 0.197 e. The Morgan fingerprint density at radius 2 is 1.95 bits per heavy atom. The Bertz CT molecular complexity index is 618. The van der Waals surface area contributed by atoms with Gasteiger partial charge < -0.3 is 9.47 Å². The lowest BCUT2D eigenvalue weighted by Crippen LogP contribution is -2.40. The summed E-state index contributed by atoms with van der Waals surface area (Å²) < 4.78 is 25.2. The zero-order valence-corrected chi connectivity index (χ0v) is 12.7. The third-order valence-electron chi connectivity index (χ3n) is 3.80. The second-order valence-corrected chi connectivity index (χ2v) is 5.43. The molecule has 0 unspecified atom stereocenters. The predicted molar refractivity (Wildman–Crippen MR) is 83.7 cm³/mol. The summed E-state index contributed by atoms with van der Waals surface area (Å²) >= 11 is 0. The van der Waals surface area contributed by atoms with Crippen molar-refractivity contribution in [2.24, 2.45) is 0 Å². The lowest BCUT2D eigenvalue weighted by Gasteiger charge is -2.31. The lowest BCUT2D eigenvalue weighted by atomic mass is 10.2. The summed E-state index contributed by atoms with van der Waals surface area (Å²) in [5.41, 5.74) is 1.26. The first kappa shape index (κ1) is 14.9. The maximum absolute atomic E-state index is 13.8. The molecule has 0 saturated carbocycles. The predicted octanol–water partition coefficient (Wildman–Crippen LogP) is 3.49. The fourth-order valence-corrected chi connectivity index (χ4v) is 2.63. The summed E-state index contributed by atoms with van der Waals surface area (Å²) in [6.07, 6.45) is -0.159. The van der Waals surface area contributed by atoms with E-state index in [2.05, 4.69) is 24.0 Å². The Balaban J connectivity index is 1.64. The van der Waals surface area contributed by atoms with Crippen molar-refractivity contribution in [2.75, 3.05) is 19.7 Å². The summed E-state index contributed by atoms with van der Waals surface area (Å²) in [5.74, 6) is 0.352. The minimum absolute atomic E-state index is 0.159. The topological polar surface area (TPSA) is 21.7 Å². The molecule has 0 saturated heterocycles. The van der Waals surface area contributed by atoms with Crippen molar-refractivity contribution in [2.45, 2.75) is 19.6 Å². The summed E-state index contributed by atoms with van der Waals surface area (Å²) in [5, 5.41) is 0. The van der Waals surface area contributed by atoms with E-state index < -0.39 is 0 Å². The molecule has 4 heteroatoms. The van der Waals surface area contributed by atoms with Gasteiger partial charge in [-0.25, -0.2) is 4.39 Å². The van der Waals surface area contributed by atoms with Gasteiger partial charge in [0.2, 0.25) is 0 Å². The molecule has 0 aliphatic carbocycles. The van der Waals surface area contributed by atoms with Gasteiger partial charge in [0, 0.05) is 13.1 Å². The molecule has 0 radical (unpaired) electrons. The molecule has 0 N–H and O–H groups in total. The highest BCUT2D eigenvalue weighted by atomic mass is 19.1. The lowest BCUT2D eigenvalue weighted by molar-refractivity contribution is 0.0539. The van der Waals surface area contributed by atoms with E-state index in [9.17, 15) is 4.39 Å². The Hall–Kier alpha value is -2.07. The molecule has 0 aromatic heterocycles. The van der Waals surface area contributed by atoms with Crippen LogP contribution < -0.4 is 9.47 Å². The molecule has 1 aliphatic rings. The van der Waals surface area contributed by atoms with Gasteiger partial charge in [-0.15, -0.1) is 0 Å². The van der Waals surface area contributed by atoms with Crippen molar-refractivity contribution >= 4 is 0 Å². The number of benzene rings is 2. The van der Waals surface area contributed by atoms with Crippen molar-refractivity contribution in [1.82, 2.24) is 4.90 Å². The fourth-order valence-electron chi connectivity index (χ4n) is 2.63. The number of para-hydroxylation sites is 1. The number of hydrogen-bond donors (Lipinski definition) is 0. The standard InChI is InChI=1S/C18H20FNO2/c1-2-20(11-14-7-4-3-5-8-14)12-15-13-21-17-10-6-9-16(19)18(17)22-15/h3-10,15H,2,11-13H2,1H3/t15-/m0/s1. The molecule has 1 heterocycles. The normalized spacial score (nSPS) is 16.8. The largest absolute Gasteiger partial charge is 0.486 e. The molecule has 3 nitrogen and oxygen atoms in total. The van der Waals surface area contributed by atoms with Crippen LogP contribution in [-0.4, -0.2) is 30.7 Å². The Morgan fingerprint density at radius 3 is 2.73 bits per heavy atom. The van der Waals surface area contributed by atoms with Gasteiger partial charge in [0.15, 0.2) is 17.3 Å². The van der Waals surface area contributed by atoms with Crippen molar-refractivity contribution in [3.05, 3.63) is 59.9 Å². The first-order chi connectivity index (χ1) is 10.8. The van der Waals surface area contributed by atoms with Crippen molar-refractivity contribution in [3.8, 4) is 11.5 Å². The summed E-state index contributed by atoms with van der Waals surface area (Å²) in [6, 6.07) is 15.1. The van der Waals surface area contributed by atoms with Gasteiger partial charge in [0.1, 0.15) is 12.7 Å². The second kappa shape index (κ2) is 6.79. The first-order valence-electron chi connectivity index (χ1n) is 7.60. The van der Waals surface area contributed by atoms with E-state index in [1.165, 1.54) is 11.6 Å². The van der Waals surface area contributed by atoms with Gasteiger partial charge in [-0.1, -0.05) is 43.3 Å². The number of hydrogen-bond acceptors (Lipinski definition) is 3. The number of ether oxygens (including phenoxy) is 2. The van der Waals surface area contributed by atoms with E-state index in [0.29, 0.717) is 18.9 Å². The van der Waals surface area contributed by atoms with Crippen molar-refractivity contribution in [1.29, 1.82) is 0 Å². The average molecular weight is 301 g/mol. The SMILES string of the molecule is CCN(Cc1ccccc1)C[C@H]1COc2cccc(F)c2O1. The van der Waals surface area contributed by atoms with Crippen LogP contribution in [0.3, 0.4) is 0 Å². The number of fused-ring (bicyclic) bond motifs is 1. The Labute approximate surface area is 130 Å². The van der Waals surface area contributed by atoms with Gasteiger partial charge in [-0.3, -0.25) is 4.90 Å². The number of nitrogens with zero attached hydrogens (tertiary/aromatic N) is 1. The van der Waals surface area contributed by atoms with Gasteiger partial charge >= 0.3 is 0 Å². The van der Waals surface area contributed by atoms with Crippen LogP contribution in [0.2, 0.25) is 0 Å². The highest BCUT2D eigenvalue weighted by Crippen LogP contribution is 2.34. The quantitative estimate of drug-likeness (QED) is 0.844. The van der Waals surface area contributed by atoms with Crippen molar-refractivity contribution in [3.63, 3.8) is 0 Å². The Kier molecular flexibility index (Phi) is 4.59. The molecule has 116 valence electrons. The van der Waals surface area contributed by atoms with Crippen LogP contribution in [0.25, 0.3) is 0 Å². The molecular formula is C18H20FNO2. The molecule has 3 rings (SSSR count). The molecular weight excluding hydrogens is 281 g/mol. The monoisotopic (exact) mass is 301 g/mol. The Morgan fingerprint density at radius 1 is 1.14 bits per heavy atom. The van der Waals surface area contributed by atoms with Gasteiger partial charge in [0.25, 0.3) is 0 Å². The zero-order chi connectivity index (χ0) is 15.4. The molecule has 0 fully saturated rings. The first-order valence-corrected chi connectivity index (χ1v) is 7.60. The molecule has 1 aliphatic heterocycles. The van der Waals surface area contributed by atoms with E-state index in [1.54, 1.807) is 12.1 Å². The van der Waals surface area contributed by atoms with E-state index in [-0.39, 0.29) is 17.7 Å². The average Bonchev–Trinajstić information content (AvgIpc) is 2.56.